The summed E-state index contributed by atoms with van der Waals surface area (Å²) in [7, 11) is 0. The highest BCUT2D eigenvalue weighted by atomic mass is 79.9. The number of halogens is 1. The third-order valence-corrected chi connectivity index (χ3v) is 3.20. The molecule has 0 aliphatic carbocycles. The summed E-state index contributed by atoms with van der Waals surface area (Å²) in [6, 6.07) is 9.49. The van der Waals surface area contributed by atoms with Crippen molar-refractivity contribution >= 4 is 21.7 Å². The van der Waals surface area contributed by atoms with Crippen molar-refractivity contribution in [3.8, 4) is 0 Å². The molecular formula is C14H12BrNO. The fourth-order valence-electron chi connectivity index (χ4n) is 1.63. The van der Waals surface area contributed by atoms with Crippen LogP contribution in [0.2, 0.25) is 0 Å². The average Bonchev–Trinajstić information content (AvgIpc) is 2.30. The first-order valence-electron chi connectivity index (χ1n) is 5.35. The van der Waals surface area contributed by atoms with Crippen LogP contribution in [0.3, 0.4) is 0 Å². The van der Waals surface area contributed by atoms with Crippen molar-refractivity contribution in [3.63, 3.8) is 0 Å². The highest BCUT2D eigenvalue weighted by molar-refractivity contribution is 9.10. The highest BCUT2D eigenvalue weighted by Gasteiger charge is 2.10. The number of hydrogen-bond acceptors (Lipinski definition) is 2. The summed E-state index contributed by atoms with van der Waals surface area (Å²) in [5.74, 6) is 0.114. The predicted molar refractivity (Wildman–Crippen MR) is 71.2 cm³/mol. The quantitative estimate of drug-likeness (QED) is 0.809. The minimum atomic E-state index is 0.114. The summed E-state index contributed by atoms with van der Waals surface area (Å²) < 4.78 is 0.858. The first-order valence-corrected chi connectivity index (χ1v) is 6.14. The van der Waals surface area contributed by atoms with E-state index in [1.165, 1.54) is 0 Å². The Morgan fingerprint density at radius 2 is 1.94 bits per heavy atom. The Kier molecular flexibility index (Phi) is 3.69. The predicted octanol–water partition coefficient (Wildman–Crippen LogP) is 3.58. The normalized spacial score (nSPS) is 10.2. The summed E-state index contributed by atoms with van der Waals surface area (Å²) >= 11 is 3.43. The van der Waals surface area contributed by atoms with Crippen molar-refractivity contribution < 1.29 is 4.79 Å². The fraction of sp³-hybridized carbons (Fsp3) is 0.143. The van der Waals surface area contributed by atoms with Gasteiger partial charge in [-0.25, -0.2) is 0 Å². The number of hydrogen-bond donors (Lipinski definition) is 0. The molecule has 2 aromatic rings. The van der Waals surface area contributed by atoms with Crippen molar-refractivity contribution in [2.75, 3.05) is 0 Å². The van der Waals surface area contributed by atoms with Crippen LogP contribution in [0, 0.1) is 6.92 Å². The number of carbonyl (C=O) groups excluding carboxylic acids is 1. The van der Waals surface area contributed by atoms with Gasteiger partial charge < -0.3 is 0 Å². The van der Waals surface area contributed by atoms with Crippen LogP contribution in [0.5, 0.6) is 0 Å². The molecule has 0 spiro atoms. The van der Waals surface area contributed by atoms with Gasteiger partial charge in [-0.15, -0.1) is 0 Å². The van der Waals surface area contributed by atoms with Crippen LogP contribution in [0.15, 0.2) is 47.2 Å². The van der Waals surface area contributed by atoms with Gasteiger partial charge >= 0.3 is 0 Å². The Bertz CT molecular complexity index is 537. The van der Waals surface area contributed by atoms with Crippen molar-refractivity contribution in [2.45, 2.75) is 13.3 Å². The van der Waals surface area contributed by atoms with E-state index in [1.807, 2.05) is 37.3 Å². The van der Waals surface area contributed by atoms with Crippen LogP contribution in [0.4, 0.5) is 0 Å². The molecule has 3 heteroatoms. The van der Waals surface area contributed by atoms with Crippen molar-refractivity contribution in [1.29, 1.82) is 0 Å². The van der Waals surface area contributed by atoms with E-state index in [-0.39, 0.29) is 5.78 Å². The van der Waals surface area contributed by atoms with Crippen LogP contribution in [0.1, 0.15) is 21.5 Å². The Balaban J connectivity index is 2.21. The van der Waals surface area contributed by atoms with Crippen molar-refractivity contribution in [1.82, 2.24) is 4.98 Å². The summed E-state index contributed by atoms with van der Waals surface area (Å²) in [5.41, 5.74) is 2.85. The first-order chi connectivity index (χ1) is 8.16. The molecule has 1 aromatic carbocycles. The van der Waals surface area contributed by atoms with Crippen LogP contribution < -0.4 is 0 Å². The van der Waals surface area contributed by atoms with Gasteiger partial charge in [0, 0.05) is 28.9 Å². The van der Waals surface area contributed by atoms with E-state index in [9.17, 15) is 4.79 Å². The maximum atomic E-state index is 12.1. The van der Waals surface area contributed by atoms with Gasteiger partial charge in [0.05, 0.1) is 0 Å². The summed E-state index contributed by atoms with van der Waals surface area (Å²) in [6.45, 7) is 2.00. The molecule has 0 saturated heterocycles. The van der Waals surface area contributed by atoms with E-state index in [1.54, 1.807) is 12.4 Å². The van der Waals surface area contributed by atoms with Gasteiger partial charge in [-0.05, 0) is 42.3 Å². The number of aryl methyl sites for hydroxylation is 1. The zero-order valence-corrected chi connectivity index (χ0v) is 11.1. The smallest absolute Gasteiger partial charge is 0.168 e. The van der Waals surface area contributed by atoms with E-state index in [0.717, 1.165) is 21.2 Å². The second kappa shape index (κ2) is 5.23. The topological polar surface area (TPSA) is 30.0 Å². The minimum Gasteiger partial charge on any atom is -0.294 e. The number of ketones is 1. The zero-order valence-electron chi connectivity index (χ0n) is 9.48. The number of rotatable bonds is 3. The van der Waals surface area contributed by atoms with Gasteiger partial charge in [0.1, 0.15) is 0 Å². The molecule has 2 nitrogen and oxygen atoms in total. The Morgan fingerprint density at radius 3 is 2.59 bits per heavy atom. The number of aromatic nitrogens is 1. The van der Waals surface area contributed by atoms with Gasteiger partial charge in [-0.1, -0.05) is 22.0 Å². The SMILES string of the molecule is Cc1ccc(C(=O)Cc2ccncc2)c(Br)c1. The lowest BCUT2D eigenvalue weighted by atomic mass is 10.0. The van der Waals surface area contributed by atoms with Gasteiger partial charge in [0.25, 0.3) is 0 Å². The standard InChI is InChI=1S/C14H12BrNO/c1-10-2-3-12(13(15)8-10)14(17)9-11-4-6-16-7-5-11/h2-8H,9H2,1H3. The molecule has 0 saturated carbocycles. The second-order valence-electron chi connectivity index (χ2n) is 3.94. The van der Waals surface area contributed by atoms with Gasteiger partial charge in [0.15, 0.2) is 5.78 Å². The molecule has 86 valence electrons. The molecule has 0 bridgehead atoms. The summed E-state index contributed by atoms with van der Waals surface area (Å²) in [6.07, 6.45) is 3.81. The molecular weight excluding hydrogens is 278 g/mol. The zero-order chi connectivity index (χ0) is 12.3. The number of carbonyl (C=O) groups is 1. The molecule has 0 aliphatic heterocycles. The molecule has 1 heterocycles. The van der Waals surface area contributed by atoms with E-state index in [2.05, 4.69) is 20.9 Å². The number of pyridine rings is 1. The third kappa shape index (κ3) is 3.01. The molecule has 0 N–H and O–H groups in total. The molecule has 2 rings (SSSR count). The van der Waals surface area contributed by atoms with Gasteiger partial charge in [0.2, 0.25) is 0 Å². The van der Waals surface area contributed by atoms with Crippen LogP contribution in [-0.4, -0.2) is 10.8 Å². The monoisotopic (exact) mass is 289 g/mol. The Hall–Kier alpha value is -1.48. The lowest BCUT2D eigenvalue weighted by Gasteiger charge is -2.04. The average molecular weight is 290 g/mol. The third-order valence-electron chi connectivity index (χ3n) is 2.54. The van der Waals surface area contributed by atoms with Crippen LogP contribution in [0.25, 0.3) is 0 Å². The van der Waals surface area contributed by atoms with E-state index in [0.29, 0.717) is 6.42 Å². The van der Waals surface area contributed by atoms with E-state index in [4.69, 9.17) is 0 Å². The Morgan fingerprint density at radius 1 is 1.24 bits per heavy atom. The van der Waals surface area contributed by atoms with Gasteiger partial charge in [-0.2, -0.15) is 0 Å². The molecule has 0 aliphatic rings. The lowest BCUT2D eigenvalue weighted by molar-refractivity contribution is 0.0992. The van der Waals surface area contributed by atoms with Gasteiger partial charge in [-0.3, -0.25) is 9.78 Å². The first kappa shape index (κ1) is 12.0. The van der Waals surface area contributed by atoms with E-state index >= 15 is 0 Å². The maximum Gasteiger partial charge on any atom is 0.168 e. The minimum absolute atomic E-state index is 0.114. The number of benzene rings is 1. The van der Waals surface area contributed by atoms with Crippen molar-refractivity contribution in [2.24, 2.45) is 0 Å². The molecule has 0 radical (unpaired) electrons. The molecule has 0 amide bonds. The largest absolute Gasteiger partial charge is 0.294 e. The summed E-state index contributed by atoms with van der Waals surface area (Å²) in [5, 5.41) is 0. The number of Topliss-reactive ketones (excluding diaryl/α,β-unsaturated/α-hetero) is 1. The molecule has 17 heavy (non-hydrogen) atoms. The molecule has 0 fully saturated rings. The maximum absolute atomic E-state index is 12.1. The number of nitrogens with zero attached hydrogens (tertiary/aromatic N) is 1. The summed E-state index contributed by atoms with van der Waals surface area (Å²) in [4.78, 5) is 16.0. The molecule has 1 aromatic heterocycles. The Labute approximate surface area is 109 Å². The van der Waals surface area contributed by atoms with E-state index < -0.39 is 0 Å². The van der Waals surface area contributed by atoms with Crippen LogP contribution in [-0.2, 0) is 6.42 Å². The highest BCUT2D eigenvalue weighted by Crippen LogP contribution is 2.20. The molecule has 0 atom stereocenters. The lowest BCUT2D eigenvalue weighted by Crippen LogP contribution is -2.04. The molecule has 0 unspecified atom stereocenters. The van der Waals surface area contributed by atoms with Crippen LogP contribution >= 0.6 is 15.9 Å². The fourth-order valence-corrected chi connectivity index (χ4v) is 2.34. The van der Waals surface area contributed by atoms with Crippen molar-refractivity contribution in [3.05, 3.63) is 63.9 Å². The second-order valence-corrected chi connectivity index (χ2v) is 4.79.